The second-order valence-electron chi connectivity index (χ2n) is 4.57. The number of phenols is 1. The van der Waals surface area contributed by atoms with Gasteiger partial charge in [0, 0.05) is 23.7 Å². The van der Waals surface area contributed by atoms with Crippen LogP contribution in [-0.2, 0) is 20.2 Å². The number of phenolic OH excluding ortho intramolecular Hbond substituents is 1. The van der Waals surface area contributed by atoms with E-state index in [4.69, 9.17) is 9.11 Å². The topological polar surface area (TPSA) is 141 Å². The van der Waals surface area contributed by atoms with Gasteiger partial charge in [-0.25, -0.2) is 0 Å². The Hall–Kier alpha value is -1.88. The monoisotopic (exact) mass is 347 g/mol. The number of benzene rings is 2. The van der Waals surface area contributed by atoms with E-state index >= 15 is 0 Å². The molecule has 0 heterocycles. The lowest BCUT2D eigenvalue weighted by Gasteiger charge is -2.09. The summed E-state index contributed by atoms with van der Waals surface area (Å²) in [5.74, 6) is -0.817. The Morgan fingerprint density at radius 3 is 2.27 bits per heavy atom. The Kier molecular flexibility index (Phi) is 4.29. The largest absolute Gasteiger partial charge is 0.507 e. The van der Waals surface area contributed by atoms with Crippen LogP contribution in [0.4, 0.5) is 5.69 Å². The third kappa shape index (κ3) is 4.07. The first kappa shape index (κ1) is 16.5. The van der Waals surface area contributed by atoms with E-state index in [1.165, 1.54) is 18.2 Å². The van der Waals surface area contributed by atoms with Gasteiger partial charge >= 0.3 is 0 Å². The number of rotatable bonds is 5. The highest BCUT2D eigenvalue weighted by Crippen LogP contribution is 2.30. The number of hydrogen-bond acceptors (Lipinski definition) is 6. The van der Waals surface area contributed by atoms with Gasteiger partial charge in [0.25, 0.3) is 20.2 Å². The van der Waals surface area contributed by atoms with E-state index in [0.29, 0.717) is 16.5 Å². The zero-order chi connectivity index (χ0) is 16.5. The molecule has 0 aromatic heterocycles. The molecule has 0 aliphatic carbocycles. The summed E-state index contributed by atoms with van der Waals surface area (Å²) in [6.45, 7) is -0.0335. The minimum Gasteiger partial charge on any atom is -0.507 e. The van der Waals surface area contributed by atoms with E-state index < -0.39 is 30.9 Å². The Morgan fingerprint density at radius 1 is 1.00 bits per heavy atom. The summed E-state index contributed by atoms with van der Waals surface area (Å²) >= 11 is 0. The Balaban J connectivity index is 2.34. The summed E-state index contributed by atoms with van der Waals surface area (Å²) in [5.41, 5.74) is 0.478. The normalized spacial score (nSPS) is 12.5. The van der Waals surface area contributed by atoms with Crippen molar-refractivity contribution < 1.29 is 31.0 Å². The van der Waals surface area contributed by atoms with Crippen LogP contribution in [-0.4, -0.2) is 43.3 Å². The van der Waals surface area contributed by atoms with Crippen LogP contribution in [0.15, 0.2) is 35.2 Å². The smallest absolute Gasteiger partial charge is 0.294 e. The molecule has 0 saturated carbocycles. The average molecular weight is 347 g/mol. The lowest BCUT2D eigenvalue weighted by molar-refractivity contribution is 0.471. The zero-order valence-corrected chi connectivity index (χ0v) is 12.7. The van der Waals surface area contributed by atoms with Crippen molar-refractivity contribution in [2.45, 2.75) is 4.90 Å². The van der Waals surface area contributed by atoms with Crippen LogP contribution in [0.3, 0.4) is 0 Å². The van der Waals surface area contributed by atoms with Crippen molar-refractivity contribution in [1.29, 1.82) is 0 Å². The van der Waals surface area contributed by atoms with Gasteiger partial charge in [-0.2, -0.15) is 16.8 Å². The van der Waals surface area contributed by atoms with Crippen molar-refractivity contribution in [3.05, 3.63) is 30.3 Å². The van der Waals surface area contributed by atoms with E-state index in [1.807, 2.05) is 0 Å². The molecule has 2 aromatic rings. The molecule has 0 bridgehead atoms. The molecular weight excluding hydrogens is 334 g/mol. The number of hydrogen-bond donors (Lipinski definition) is 4. The molecule has 8 nitrogen and oxygen atoms in total. The molecule has 120 valence electrons. The van der Waals surface area contributed by atoms with Crippen LogP contribution in [0.5, 0.6) is 5.75 Å². The second-order valence-corrected chi connectivity index (χ2v) is 7.56. The first-order valence-corrected chi connectivity index (χ1v) is 9.04. The lowest BCUT2D eigenvalue weighted by atomic mass is 10.1. The Labute approximate surface area is 126 Å². The van der Waals surface area contributed by atoms with Crippen LogP contribution < -0.4 is 5.32 Å². The summed E-state index contributed by atoms with van der Waals surface area (Å²) in [6, 6.07) is 6.65. The highest BCUT2D eigenvalue weighted by Gasteiger charge is 2.13. The molecule has 0 amide bonds. The first-order chi connectivity index (χ1) is 10.1. The molecular formula is C12H13NO7S2. The number of nitrogens with one attached hydrogen (secondary N) is 1. The molecule has 0 fully saturated rings. The maximum Gasteiger partial charge on any atom is 0.294 e. The number of fused-ring (bicyclic) bond motifs is 1. The highest BCUT2D eigenvalue weighted by molar-refractivity contribution is 7.86. The van der Waals surface area contributed by atoms with E-state index in [0.717, 1.165) is 6.07 Å². The molecule has 4 N–H and O–H groups in total. The summed E-state index contributed by atoms with van der Waals surface area (Å²) in [4.78, 5) is -0.426. The highest BCUT2D eigenvalue weighted by atomic mass is 32.2. The first-order valence-electron chi connectivity index (χ1n) is 5.99. The number of anilines is 1. The van der Waals surface area contributed by atoms with Crippen LogP contribution in [0.25, 0.3) is 10.8 Å². The molecule has 2 rings (SSSR count). The van der Waals surface area contributed by atoms with Gasteiger partial charge in [0.15, 0.2) is 0 Å². The second kappa shape index (κ2) is 5.72. The van der Waals surface area contributed by atoms with Gasteiger partial charge in [0.2, 0.25) is 0 Å². The molecule has 0 radical (unpaired) electrons. The summed E-state index contributed by atoms with van der Waals surface area (Å²) in [6.07, 6.45) is 0. The van der Waals surface area contributed by atoms with Gasteiger partial charge in [-0.05, 0) is 23.6 Å². The summed E-state index contributed by atoms with van der Waals surface area (Å²) in [5, 5.41) is 13.3. The Bertz CT molecular complexity index is 920. The van der Waals surface area contributed by atoms with E-state index in [1.54, 1.807) is 6.07 Å². The van der Waals surface area contributed by atoms with Gasteiger partial charge < -0.3 is 10.4 Å². The van der Waals surface area contributed by atoms with Crippen molar-refractivity contribution in [1.82, 2.24) is 0 Å². The van der Waals surface area contributed by atoms with Crippen LogP contribution in [0, 0.1) is 0 Å². The fourth-order valence-electron chi connectivity index (χ4n) is 1.89. The number of aromatic hydroxyl groups is 1. The maximum absolute atomic E-state index is 11.1. The zero-order valence-electron chi connectivity index (χ0n) is 11.1. The molecule has 0 unspecified atom stereocenters. The van der Waals surface area contributed by atoms with E-state index in [2.05, 4.69) is 5.32 Å². The van der Waals surface area contributed by atoms with Crippen molar-refractivity contribution in [2.75, 3.05) is 17.6 Å². The van der Waals surface area contributed by atoms with Crippen molar-refractivity contribution in [3.63, 3.8) is 0 Å². The molecule has 0 aliphatic heterocycles. The van der Waals surface area contributed by atoms with Crippen molar-refractivity contribution >= 4 is 36.7 Å². The third-order valence-electron chi connectivity index (χ3n) is 2.89. The summed E-state index contributed by atoms with van der Waals surface area (Å²) < 4.78 is 61.0. The van der Waals surface area contributed by atoms with Crippen LogP contribution in [0.1, 0.15) is 0 Å². The fourth-order valence-corrected chi connectivity index (χ4v) is 2.79. The van der Waals surface area contributed by atoms with E-state index in [9.17, 15) is 21.9 Å². The maximum atomic E-state index is 11.1. The fraction of sp³-hybridized carbons (Fsp3) is 0.167. The Morgan fingerprint density at radius 2 is 1.68 bits per heavy atom. The SMILES string of the molecule is O=S(=O)(O)CCNc1ccc2cc(S(=O)(=O)O)cc(O)c2c1. The van der Waals surface area contributed by atoms with Gasteiger partial charge in [-0.3, -0.25) is 9.11 Å². The quantitative estimate of drug-likeness (QED) is 0.589. The molecule has 2 aromatic carbocycles. The predicted octanol–water partition coefficient (Wildman–Crippen LogP) is 1.09. The lowest BCUT2D eigenvalue weighted by Crippen LogP contribution is -2.14. The molecule has 0 atom stereocenters. The van der Waals surface area contributed by atoms with Gasteiger partial charge in [-0.15, -0.1) is 0 Å². The summed E-state index contributed by atoms with van der Waals surface area (Å²) in [7, 11) is -8.50. The molecule has 10 heteroatoms. The molecule has 22 heavy (non-hydrogen) atoms. The minimum atomic E-state index is -4.43. The van der Waals surface area contributed by atoms with Crippen LogP contribution in [0.2, 0.25) is 0 Å². The standard InChI is InChI=1S/C12H13NO7S2/c14-12-7-10(22(18,19)20)5-8-1-2-9(6-11(8)12)13-3-4-21(15,16)17/h1-2,5-7,13-14H,3-4H2,(H,15,16,17)(H,18,19,20). The molecule has 0 saturated heterocycles. The van der Waals surface area contributed by atoms with Crippen molar-refractivity contribution in [3.8, 4) is 5.75 Å². The van der Waals surface area contributed by atoms with E-state index in [-0.39, 0.29) is 12.3 Å². The average Bonchev–Trinajstić information content (AvgIpc) is 2.36. The predicted molar refractivity (Wildman–Crippen MR) is 80.3 cm³/mol. The van der Waals surface area contributed by atoms with Crippen LogP contribution >= 0.6 is 0 Å². The van der Waals surface area contributed by atoms with Crippen molar-refractivity contribution in [2.24, 2.45) is 0 Å². The molecule has 0 spiro atoms. The van der Waals surface area contributed by atoms with Gasteiger partial charge in [0.1, 0.15) is 5.75 Å². The third-order valence-corrected chi connectivity index (χ3v) is 4.44. The van der Waals surface area contributed by atoms with Gasteiger partial charge in [-0.1, -0.05) is 6.07 Å². The van der Waals surface area contributed by atoms with Gasteiger partial charge in [0.05, 0.1) is 10.6 Å². The minimum absolute atomic E-state index is 0.0335. The molecule has 0 aliphatic rings.